The predicted molar refractivity (Wildman–Crippen MR) is 105 cm³/mol. The van der Waals surface area contributed by atoms with E-state index in [0.29, 0.717) is 6.04 Å². The van der Waals surface area contributed by atoms with Gasteiger partial charge in [0.2, 0.25) is 0 Å². The Morgan fingerprint density at radius 2 is 2.04 bits per heavy atom. The monoisotopic (exact) mass is 346 g/mol. The minimum absolute atomic E-state index is 0.297. The van der Waals surface area contributed by atoms with Crippen LogP contribution < -0.4 is 10.6 Å². The van der Waals surface area contributed by atoms with E-state index in [1.807, 2.05) is 0 Å². The lowest BCUT2D eigenvalue weighted by Crippen LogP contribution is -2.42. The van der Waals surface area contributed by atoms with E-state index < -0.39 is 0 Å². The van der Waals surface area contributed by atoms with Crippen LogP contribution in [0.5, 0.6) is 0 Å². The van der Waals surface area contributed by atoms with E-state index in [1.54, 1.807) is 0 Å². The van der Waals surface area contributed by atoms with E-state index in [-0.39, 0.29) is 0 Å². The molecule has 1 fully saturated rings. The molecule has 0 aromatic heterocycles. The zero-order valence-corrected chi connectivity index (χ0v) is 16.1. The molecule has 0 aliphatic carbocycles. The average Bonchev–Trinajstić information content (AvgIpc) is 2.63. The minimum atomic E-state index is 0.297. The summed E-state index contributed by atoms with van der Waals surface area (Å²) in [7, 11) is 0. The molecular formula is C20H34N4O. The van der Waals surface area contributed by atoms with Crippen LogP contribution in [0, 0.1) is 6.92 Å². The molecule has 5 heteroatoms. The second-order valence-electron chi connectivity index (χ2n) is 6.58. The predicted octanol–water partition coefficient (Wildman–Crippen LogP) is 2.72. The molecule has 1 aromatic carbocycles. The van der Waals surface area contributed by atoms with E-state index in [0.717, 1.165) is 58.3 Å². The summed E-state index contributed by atoms with van der Waals surface area (Å²) in [5.74, 6) is 0.918. The molecule has 0 radical (unpaired) electrons. The maximum Gasteiger partial charge on any atom is 0.191 e. The Labute approximate surface area is 152 Å². The molecule has 1 heterocycles. The molecule has 2 N–H and O–H groups in total. The Balaban J connectivity index is 2.11. The summed E-state index contributed by atoms with van der Waals surface area (Å²) in [4.78, 5) is 7.38. The highest BCUT2D eigenvalue weighted by molar-refractivity contribution is 5.79. The number of rotatable bonds is 8. The molecule has 1 aliphatic heterocycles. The van der Waals surface area contributed by atoms with Gasteiger partial charge in [0, 0.05) is 26.2 Å². The van der Waals surface area contributed by atoms with Crippen molar-refractivity contribution in [1.29, 1.82) is 0 Å². The second kappa shape index (κ2) is 11.1. The first-order valence-electron chi connectivity index (χ1n) is 9.65. The second-order valence-corrected chi connectivity index (χ2v) is 6.58. The van der Waals surface area contributed by atoms with Crippen LogP contribution in [0.3, 0.4) is 0 Å². The SMILES string of the molecule is CCCCNC(=NCC(c1cccc(C)c1)N1CCOCC1)NCC. The number of hydrogen-bond donors (Lipinski definition) is 2. The van der Waals surface area contributed by atoms with E-state index in [9.17, 15) is 0 Å². The number of hydrogen-bond acceptors (Lipinski definition) is 3. The van der Waals surface area contributed by atoms with Gasteiger partial charge in [0.05, 0.1) is 25.8 Å². The number of unbranched alkanes of at least 4 members (excludes halogenated alkanes) is 1. The maximum atomic E-state index is 5.54. The summed E-state index contributed by atoms with van der Waals surface area (Å²) in [5, 5.41) is 6.80. The number of morpholine rings is 1. The molecule has 0 bridgehead atoms. The Hall–Kier alpha value is -1.59. The summed E-state index contributed by atoms with van der Waals surface area (Å²) < 4.78 is 5.54. The van der Waals surface area contributed by atoms with Crippen LogP contribution in [0.2, 0.25) is 0 Å². The van der Waals surface area contributed by atoms with Crippen molar-refractivity contribution < 1.29 is 4.74 Å². The van der Waals surface area contributed by atoms with Crippen molar-refractivity contribution in [2.24, 2.45) is 4.99 Å². The lowest BCUT2D eigenvalue weighted by atomic mass is 10.0. The van der Waals surface area contributed by atoms with Crippen LogP contribution >= 0.6 is 0 Å². The largest absolute Gasteiger partial charge is 0.379 e. The van der Waals surface area contributed by atoms with Crippen molar-refractivity contribution in [1.82, 2.24) is 15.5 Å². The lowest BCUT2D eigenvalue weighted by molar-refractivity contribution is 0.0179. The molecule has 25 heavy (non-hydrogen) atoms. The number of benzene rings is 1. The molecule has 5 nitrogen and oxygen atoms in total. The quantitative estimate of drug-likeness (QED) is 0.432. The van der Waals surface area contributed by atoms with Gasteiger partial charge in [-0.25, -0.2) is 0 Å². The van der Waals surface area contributed by atoms with E-state index in [4.69, 9.17) is 9.73 Å². The third-order valence-corrected chi connectivity index (χ3v) is 4.50. The molecule has 2 rings (SSSR count). The molecule has 1 aliphatic rings. The van der Waals surface area contributed by atoms with Crippen molar-refractivity contribution in [2.75, 3.05) is 45.9 Å². The first-order chi connectivity index (χ1) is 12.2. The fourth-order valence-corrected chi connectivity index (χ4v) is 3.10. The Morgan fingerprint density at radius 3 is 2.72 bits per heavy atom. The Morgan fingerprint density at radius 1 is 1.24 bits per heavy atom. The van der Waals surface area contributed by atoms with E-state index in [2.05, 4.69) is 60.6 Å². The zero-order chi connectivity index (χ0) is 17.9. The molecule has 1 saturated heterocycles. The zero-order valence-electron chi connectivity index (χ0n) is 16.1. The highest BCUT2D eigenvalue weighted by Crippen LogP contribution is 2.23. The van der Waals surface area contributed by atoms with Gasteiger partial charge in [-0.15, -0.1) is 0 Å². The van der Waals surface area contributed by atoms with Crippen LogP contribution in [0.25, 0.3) is 0 Å². The lowest BCUT2D eigenvalue weighted by Gasteiger charge is -2.34. The van der Waals surface area contributed by atoms with Gasteiger partial charge >= 0.3 is 0 Å². The van der Waals surface area contributed by atoms with Crippen molar-refractivity contribution in [3.63, 3.8) is 0 Å². The van der Waals surface area contributed by atoms with Crippen molar-refractivity contribution >= 4 is 5.96 Å². The van der Waals surface area contributed by atoms with Crippen molar-refractivity contribution in [3.8, 4) is 0 Å². The van der Waals surface area contributed by atoms with Gasteiger partial charge in [-0.05, 0) is 25.8 Å². The highest BCUT2D eigenvalue weighted by atomic mass is 16.5. The topological polar surface area (TPSA) is 48.9 Å². The number of ether oxygens (including phenoxy) is 1. The first kappa shape index (κ1) is 19.7. The fraction of sp³-hybridized carbons (Fsp3) is 0.650. The van der Waals surface area contributed by atoms with Gasteiger partial charge in [-0.1, -0.05) is 43.2 Å². The molecule has 1 aromatic rings. The highest BCUT2D eigenvalue weighted by Gasteiger charge is 2.22. The van der Waals surface area contributed by atoms with Crippen LogP contribution in [0.15, 0.2) is 29.3 Å². The number of aryl methyl sites for hydroxylation is 1. The number of guanidine groups is 1. The van der Waals surface area contributed by atoms with Crippen LogP contribution in [0.1, 0.15) is 43.9 Å². The normalized spacial score (nSPS) is 17.3. The van der Waals surface area contributed by atoms with Gasteiger partial charge in [0.15, 0.2) is 5.96 Å². The van der Waals surface area contributed by atoms with Gasteiger partial charge in [-0.2, -0.15) is 0 Å². The summed E-state index contributed by atoms with van der Waals surface area (Å²) in [6.45, 7) is 12.6. The van der Waals surface area contributed by atoms with Gasteiger partial charge in [-0.3, -0.25) is 9.89 Å². The van der Waals surface area contributed by atoms with Gasteiger partial charge < -0.3 is 15.4 Å². The Bertz CT molecular complexity index is 526. The Kier molecular flexibility index (Phi) is 8.77. The van der Waals surface area contributed by atoms with Crippen molar-refractivity contribution in [2.45, 2.75) is 39.7 Å². The third kappa shape index (κ3) is 6.67. The van der Waals surface area contributed by atoms with Crippen LogP contribution in [-0.4, -0.2) is 56.8 Å². The minimum Gasteiger partial charge on any atom is -0.379 e. The smallest absolute Gasteiger partial charge is 0.191 e. The summed E-state index contributed by atoms with van der Waals surface area (Å²) >= 11 is 0. The number of nitrogens with zero attached hydrogens (tertiary/aromatic N) is 2. The summed E-state index contributed by atoms with van der Waals surface area (Å²) in [6.07, 6.45) is 2.35. The molecule has 1 unspecified atom stereocenters. The molecular weight excluding hydrogens is 312 g/mol. The van der Waals surface area contributed by atoms with Crippen molar-refractivity contribution in [3.05, 3.63) is 35.4 Å². The number of nitrogens with one attached hydrogen (secondary N) is 2. The average molecular weight is 347 g/mol. The fourth-order valence-electron chi connectivity index (χ4n) is 3.10. The first-order valence-corrected chi connectivity index (χ1v) is 9.65. The third-order valence-electron chi connectivity index (χ3n) is 4.50. The summed E-state index contributed by atoms with van der Waals surface area (Å²) in [5.41, 5.74) is 2.64. The van der Waals surface area contributed by atoms with Crippen LogP contribution in [0.4, 0.5) is 0 Å². The van der Waals surface area contributed by atoms with Gasteiger partial charge in [0.25, 0.3) is 0 Å². The molecule has 140 valence electrons. The molecule has 0 saturated carbocycles. The number of aliphatic imine (C=N–C) groups is 1. The molecule has 0 spiro atoms. The van der Waals surface area contributed by atoms with E-state index >= 15 is 0 Å². The molecule has 1 atom stereocenters. The van der Waals surface area contributed by atoms with E-state index in [1.165, 1.54) is 17.5 Å². The van der Waals surface area contributed by atoms with Gasteiger partial charge in [0.1, 0.15) is 0 Å². The summed E-state index contributed by atoms with van der Waals surface area (Å²) in [6, 6.07) is 9.10. The maximum absolute atomic E-state index is 5.54. The van der Waals surface area contributed by atoms with Crippen LogP contribution in [-0.2, 0) is 4.74 Å². The molecule has 0 amide bonds. The standard InChI is InChI=1S/C20H34N4O/c1-4-6-10-22-20(21-5-2)23-16-19(24-11-13-25-14-12-24)18-9-7-8-17(3)15-18/h7-9,15,19H,4-6,10-14,16H2,1-3H3,(H2,21,22,23).